The molecule has 0 aliphatic heterocycles. The van der Waals surface area contributed by atoms with Crippen LogP contribution in [0.5, 0.6) is 0 Å². The van der Waals surface area contributed by atoms with Crippen molar-refractivity contribution in [1.82, 2.24) is 0 Å². The molecule has 0 saturated heterocycles. The third-order valence-corrected chi connectivity index (χ3v) is 30.2. The first-order valence-corrected chi connectivity index (χ1v) is 35.7. The van der Waals surface area contributed by atoms with E-state index in [-0.39, 0.29) is 269 Å². The van der Waals surface area contributed by atoms with Gasteiger partial charge >= 0.3 is 0 Å². The van der Waals surface area contributed by atoms with Gasteiger partial charge in [0.25, 0.3) is 0 Å². The van der Waals surface area contributed by atoms with Crippen molar-refractivity contribution in [2.24, 2.45) is 125 Å². The normalized spacial score (nSPS) is 41.2. The van der Waals surface area contributed by atoms with Crippen LogP contribution >= 0.6 is 0 Å². The average molecular weight is 1300 g/mol. The van der Waals surface area contributed by atoms with Crippen molar-refractivity contribution >= 4 is 92.5 Å². The maximum Gasteiger partial charge on any atom is 0.146 e. The first kappa shape index (κ1) is 73.0. The molecule has 18 fully saturated rings. The smallest absolute Gasteiger partial charge is 0.146 e. The van der Waals surface area contributed by atoms with Crippen molar-refractivity contribution in [3.8, 4) is 0 Å². The highest BCUT2D eigenvalue weighted by molar-refractivity contribution is 6.14. The van der Waals surface area contributed by atoms with Gasteiger partial charge < -0.3 is 0 Å². The topological polar surface area (TPSA) is 273 Å². The second-order valence-electron chi connectivity index (χ2n) is 36.0. The number of rotatable bonds is 0. The molecule has 16 nitrogen and oxygen atoms in total. The van der Waals surface area contributed by atoms with Crippen LogP contribution in [0.2, 0.25) is 0 Å². The van der Waals surface area contributed by atoms with Crippen LogP contribution in [0.25, 0.3) is 0 Å². The molecule has 16 heteroatoms. The van der Waals surface area contributed by atoms with Crippen LogP contribution in [0.15, 0.2) is 0 Å². The SMILES string of the molecule is CC1(C)C2C(=O)CC(=O)C21.CC1(C)C2CC1C(=O)CC2=O.CC1(C)C2CCC1C(=O)CC2=O.CC1(C)C2CC[C@]1(C)C(=O)CC2=O.CC1(C)[C@@]2(C)CC[C@]1(C)C(=O)CC2=O.CC12CCC(C(=O)CC1=O)C2(C)C.O=C1CC(=O)C2CCC1C2.O=C1CC(=O)C2CCC1CC2. The van der Waals surface area contributed by atoms with Crippen LogP contribution in [-0.2, 0) is 76.7 Å². The molecule has 18 saturated carbocycles. The summed E-state index contributed by atoms with van der Waals surface area (Å²) in [5, 5.41) is 0. The Labute approximate surface area is 556 Å². The summed E-state index contributed by atoms with van der Waals surface area (Å²) in [6.45, 7) is 32.7. The van der Waals surface area contributed by atoms with Crippen molar-refractivity contribution in [1.29, 1.82) is 0 Å². The van der Waals surface area contributed by atoms with Gasteiger partial charge in [0.2, 0.25) is 0 Å². The molecule has 0 aromatic carbocycles. The molecule has 516 valence electrons. The zero-order valence-corrected chi connectivity index (χ0v) is 59.4. The van der Waals surface area contributed by atoms with E-state index >= 15 is 0 Å². The molecule has 94 heavy (non-hydrogen) atoms. The first-order valence-electron chi connectivity index (χ1n) is 35.7. The Bertz CT molecular complexity index is 3110. The molecule has 0 amide bonds. The molecule has 18 aliphatic carbocycles. The number of carbonyl (C=O) groups is 16. The number of ketones is 16. The molecule has 11 unspecified atom stereocenters. The Kier molecular flexibility index (Phi) is 19.3. The fraction of sp³-hybridized carbons (Fsp3) is 0.795. The van der Waals surface area contributed by atoms with Crippen LogP contribution in [0, 0.1) is 125 Å². The number of Topliss-reactive ketones (excluding diaryl/α,β-unsaturated/α-hetero) is 16. The number of carbonyl (C=O) groups excluding carboxylic acids is 16. The van der Waals surface area contributed by atoms with Gasteiger partial charge in [-0.15, -0.1) is 0 Å². The predicted octanol–water partition coefficient (Wildman–Crippen LogP) is 12.2. The number of hydrogen-bond acceptors (Lipinski definition) is 16. The summed E-state index contributed by atoms with van der Waals surface area (Å²) in [6.07, 6.45) is 16.3. The Morgan fingerprint density at radius 2 is 0.500 bits per heavy atom. The van der Waals surface area contributed by atoms with E-state index in [0.717, 1.165) is 103 Å². The summed E-state index contributed by atoms with van der Waals surface area (Å²) in [5.74, 6) is 4.92. The highest BCUT2D eigenvalue weighted by Crippen LogP contribution is 2.67. The zero-order chi connectivity index (χ0) is 70.1. The minimum atomic E-state index is -0.268. The van der Waals surface area contributed by atoms with Crippen LogP contribution in [0.4, 0.5) is 0 Å². The van der Waals surface area contributed by atoms with Crippen molar-refractivity contribution in [3.05, 3.63) is 0 Å². The lowest BCUT2D eigenvalue weighted by Crippen LogP contribution is -2.57. The summed E-state index contributed by atoms with van der Waals surface area (Å²) in [5.41, 5.74) is -1.46. The van der Waals surface area contributed by atoms with Crippen LogP contribution in [-0.4, -0.2) is 92.5 Å². The fourth-order valence-corrected chi connectivity index (χ4v) is 21.1. The molecule has 14 bridgehead atoms. The molecule has 18 aliphatic rings. The van der Waals surface area contributed by atoms with Gasteiger partial charge in [0.05, 0.1) is 51.4 Å². The Morgan fingerprint density at radius 3 is 0.819 bits per heavy atom. The lowest BCUT2D eigenvalue weighted by molar-refractivity contribution is -0.161. The quantitative estimate of drug-likeness (QED) is 0.204. The third kappa shape index (κ3) is 11.9. The summed E-state index contributed by atoms with van der Waals surface area (Å²) < 4.78 is 0. The predicted molar refractivity (Wildman–Crippen MR) is 348 cm³/mol. The van der Waals surface area contributed by atoms with E-state index in [2.05, 4.69) is 55.4 Å². The standard InChI is InChI=1S/C12H18O2.2C11H16O2.C10H14O2.2C9H12O2.2C8H10O2/c1-10(2)11(3)5-6-12(10,4)9(14)7-8(11)13;2*1-10(2)7-4-5-11(10,3)9(13)6-8(7)12;1-10(2)6-3-4-7(10)9(12)5-8(6)11;1-9(2)5-3-6(9)8(11)4-7(5)10;10-8-5-9(11)7-2-1-6(8)3-4-7;1-8(2)6-4(9)3-5(10)7(6)8;9-7-4-8(10)6-2-1-5(7)3-6/h5-7H2,1-4H3;2*7H,4-6H2,1-3H3;6-7H,3-5H2,1-2H3;5-6H,3-4H2,1-2H3;6-7H,1-5H2;6-7H,3H2,1-2H3;5-6H,1-4H2/t11-,12+;7?,11-;;;;;;/m.1....../s1. The van der Waals surface area contributed by atoms with E-state index in [0.29, 0.717) is 0 Å². The third-order valence-electron chi connectivity index (χ3n) is 30.2. The molecule has 14 atom stereocenters. The van der Waals surface area contributed by atoms with Gasteiger partial charge in [0.15, 0.2) is 0 Å². The highest BCUT2D eigenvalue weighted by Gasteiger charge is 2.70. The summed E-state index contributed by atoms with van der Waals surface area (Å²) in [7, 11) is 0. The van der Waals surface area contributed by atoms with E-state index in [9.17, 15) is 76.7 Å². The number of fused-ring (bicyclic) bond motifs is 17. The van der Waals surface area contributed by atoms with Gasteiger partial charge in [0, 0.05) is 92.7 Å². The van der Waals surface area contributed by atoms with E-state index in [1.807, 2.05) is 55.4 Å². The molecular weight excluding hydrogens is 1190 g/mol. The molecular formula is C78H108O16. The Hall–Kier alpha value is -5.28. The van der Waals surface area contributed by atoms with Gasteiger partial charge in [-0.25, -0.2) is 0 Å². The van der Waals surface area contributed by atoms with Gasteiger partial charge in [-0.05, 0) is 135 Å². The largest absolute Gasteiger partial charge is 0.299 e. The minimum Gasteiger partial charge on any atom is -0.299 e. The molecule has 0 heterocycles. The van der Waals surface area contributed by atoms with Gasteiger partial charge in [0.1, 0.15) is 92.5 Å². The fourth-order valence-electron chi connectivity index (χ4n) is 21.1. The summed E-state index contributed by atoms with van der Waals surface area (Å²) in [6, 6.07) is 0. The maximum absolute atomic E-state index is 11.9. The first-order chi connectivity index (χ1) is 43.2. The van der Waals surface area contributed by atoms with Crippen LogP contribution in [0.3, 0.4) is 0 Å². The van der Waals surface area contributed by atoms with Gasteiger partial charge in [-0.2, -0.15) is 0 Å². The van der Waals surface area contributed by atoms with Crippen molar-refractivity contribution < 1.29 is 76.7 Å². The second-order valence-corrected chi connectivity index (χ2v) is 36.0. The molecule has 0 N–H and O–H groups in total. The molecule has 18 rings (SSSR count). The average Bonchev–Trinajstić information content (AvgIpc) is 1.47. The van der Waals surface area contributed by atoms with E-state index in [1.165, 1.54) is 0 Å². The monoisotopic (exact) mass is 1300 g/mol. The number of hydrogen-bond donors (Lipinski definition) is 0. The zero-order valence-electron chi connectivity index (χ0n) is 59.4. The van der Waals surface area contributed by atoms with Crippen molar-refractivity contribution in [2.75, 3.05) is 0 Å². The van der Waals surface area contributed by atoms with Crippen LogP contribution in [0.1, 0.15) is 265 Å². The van der Waals surface area contributed by atoms with Crippen molar-refractivity contribution in [3.63, 3.8) is 0 Å². The van der Waals surface area contributed by atoms with Gasteiger partial charge in [-0.3, -0.25) is 76.7 Å². The van der Waals surface area contributed by atoms with Crippen LogP contribution < -0.4 is 0 Å². The maximum atomic E-state index is 11.9. The molecule has 0 radical (unpaired) electrons. The highest BCUT2D eigenvalue weighted by atomic mass is 16.2. The van der Waals surface area contributed by atoms with E-state index in [1.54, 1.807) is 0 Å². The van der Waals surface area contributed by atoms with Gasteiger partial charge in [-0.1, -0.05) is 111 Å². The van der Waals surface area contributed by atoms with E-state index < -0.39 is 0 Å². The molecule has 0 aromatic rings. The molecule has 0 aromatic heterocycles. The summed E-state index contributed by atoms with van der Waals surface area (Å²) >= 11 is 0. The van der Waals surface area contributed by atoms with Crippen molar-refractivity contribution in [2.45, 2.75) is 265 Å². The lowest BCUT2D eigenvalue weighted by atomic mass is 9.48. The second kappa shape index (κ2) is 24.9. The Morgan fingerprint density at radius 1 is 0.223 bits per heavy atom. The molecule has 0 spiro atoms. The Balaban J connectivity index is 0.000000127. The minimum absolute atomic E-state index is 0.00637. The lowest BCUT2D eigenvalue weighted by Gasteiger charge is -2.53. The summed E-state index contributed by atoms with van der Waals surface area (Å²) in [4.78, 5) is 183. The van der Waals surface area contributed by atoms with E-state index in [4.69, 9.17) is 0 Å².